The number of rotatable bonds is 10. The van der Waals surface area contributed by atoms with Crippen molar-refractivity contribution < 1.29 is 42.4 Å². The van der Waals surface area contributed by atoms with Crippen LogP contribution in [-0.4, -0.2) is 52.9 Å². The zero-order valence-electron chi connectivity index (χ0n) is 22.2. The Morgan fingerprint density at radius 3 is 2.55 bits per heavy atom. The number of hydrogen-bond acceptors (Lipinski definition) is 9. The van der Waals surface area contributed by atoms with Crippen LogP contribution in [0.4, 0.5) is 13.2 Å². The summed E-state index contributed by atoms with van der Waals surface area (Å²) in [5, 5.41) is 20.4. The highest BCUT2D eigenvalue weighted by molar-refractivity contribution is 5.96. The Morgan fingerprint density at radius 2 is 1.93 bits per heavy atom. The number of aromatic nitrogens is 2. The van der Waals surface area contributed by atoms with Gasteiger partial charge in [0.1, 0.15) is 30.2 Å². The van der Waals surface area contributed by atoms with Gasteiger partial charge in [-0.3, -0.25) is 9.78 Å². The number of fused-ring (bicyclic) bond motifs is 1. The van der Waals surface area contributed by atoms with E-state index in [1.165, 1.54) is 26.2 Å². The molecule has 0 aliphatic carbocycles. The first-order valence-corrected chi connectivity index (χ1v) is 12.5. The van der Waals surface area contributed by atoms with E-state index in [4.69, 9.17) is 25.1 Å². The molecule has 0 amide bonds. The highest BCUT2D eigenvalue weighted by Gasteiger charge is 2.39. The van der Waals surface area contributed by atoms with Gasteiger partial charge in [-0.15, -0.1) is 0 Å². The van der Waals surface area contributed by atoms with Crippen molar-refractivity contribution in [1.82, 2.24) is 9.97 Å². The summed E-state index contributed by atoms with van der Waals surface area (Å²) in [6.45, 7) is 3.23. The van der Waals surface area contributed by atoms with Gasteiger partial charge in [0.15, 0.2) is 23.0 Å². The number of nitrogens with zero attached hydrogens (tertiary/aromatic N) is 2. The lowest BCUT2D eigenvalue weighted by Gasteiger charge is -2.25. The fourth-order valence-corrected chi connectivity index (χ4v) is 4.32. The fourth-order valence-electron chi connectivity index (χ4n) is 4.32. The number of ether oxygens (including phenoxy) is 3. The van der Waals surface area contributed by atoms with Gasteiger partial charge in [-0.1, -0.05) is 0 Å². The summed E-state index contributed by atoms with van der Waals surface area (Å²) in [6.07, 6.45) is -3.63. The number of aliphatic hydroxyl groups is 2. The summed E-state index contributed by atoms with van der Waals surface area (Å²) in [5.41, 5.74) is 4.31. The molecule has 2 aromatic heterocycles. The normalized spacial score (nSPS) is 18.0. The fraction of sp³-hybridized carbons (Fsp3) is 0.393. The Hall–Kier alpha value is -3.74. The molecule has 9 nitrogen and oxygen atoms in total. The third-order valence-corrected chi connectivity index (χ3v) is 6.66. The minimum Gasteiger partial charge on any atom is -0.493 e. The zero-order valence-corrected chi connectivity index (χ0v) is 22.2. The molecule has 12 heteroatoms. The summed E-state index contributed by atoms with van der Waals surface area (Å²) in [6, 6.07) is 8.32. The third kappa shape index (κ3) is 6.03. The maximum Gasteiger partial charge on any atom is 0.433 e. The maximum absolute atomic E-state index is 13.0. The number of carbonyl (C=O) groups excluding carboxylic acids is 1. The predicted molar refractivity (Wildman–Crippen MR) is 138 cm³/mol. The molecule has 0 spiro atoms. The van der Waals surface area contributed by atoms with Crippen LogP contribution in [0.1, 0.15) is 54.0 Å². The monoisotopic (exact) mass is 561 g/mol. The van der Waals surface area contributed by atoms with E-state index in [1.807, 2.05) is 0 Å². The number of alkyl halides is 3. The Bertz CT molecular complexity index is 1390. The zero-order chi connectivity index (χ0) is 29.3. The predicted octanol–water partition coefficient (Wildman–Crippen LogP) is 3.98. The lowest BCUT2D eigenvalue weighted by molar-refractivity contribution is -0.141. The van der Waals surface area contributed by atoms with Gasteiger partial charge >= 0.3 is 6.18 Å². The molecule has 4 rings (SSSR count). The molecular weight excluding hydrogens is 531 g/mol. The number of ketones is 1. The van der Waals surface area contributed by atoms with Crippen molar-refractivity contribution in [2.45, 2.75) is 44.0 Å². The molecule has 0 saturated heterocycles. The van der Waals surface area contributed by atoms with Crippen LogP contribution in [0.25, 0.3) is 11.3 Å². The maximum atomic E-state index is 13.0. The first-order chi connectivity index (χ1) is 18.8. The molecule has 2 unspecified atom stereocenters. The minimum absolute atomic E-state index is 0.0183. The smallest absolute Gasteiger partial charge is 0.433 e. The van der Waals surface area contributed by atoms with Crippen molar-refractivity contribution in [3.8, 4) is 28.5 Å². The molecule has 3 heterocycles. The van der Waals surface area contributed by atoms with Crippen molar-refractivity contribution in [1.29, 1.82) is 0 Å². The van der Waals surface area contributed by atoms with E-state index in [2.05, 4.69) is 9.97 Å². The molecule has 4 N–H and O–H groups in total. The van der Waals surface area contributed by atoms with Gasteiger partial charge in [-0.2, -0.15) is 13.2 Å². The molecule has 0 fully saturated rings. The van der Waals surface area contributed by atoms with Crippen LogP contribution >= 0.6 is 0 Å². The van der Waals surface area contributed by atoms with E-state index < -0.39 is 23.0 Å². The van der Waals surface area contributed by atoms with Gasteiger partial charge in [-0.05, 0) is 56.7 Å². The van der Waals surface area contributed by atoms with Gasteiger partial charge in [0.25, 0.3) is 0 Å². The van der Waals surface area contributed by atoms with E-state index >= 15 is 0 Å². The summed E-state index contributed by atoms with van der Waals surface area (Å²) in [4.78, 5) is 21.1. The van der Waals surface area contributed by atoms with Crippen LogP contribution in [0.2, 0.25) is 0 Å². The number of carbonyl (C=O) groups is 1. The highest BCUT2D eigenvalue weighted by Crippen LogP contribution is 2.44. The molecule has 40 heavy (non-hydrogen) atoms. The Morgan fingerprint density at radius 1 is 1.18 bits per heavy atom. The van der Waals surface area contributed by atoms with Crippen molar-refractivity contribution in [3.63, 3.8) is 0 Å². The van der Waals surface area contributed by atoms with Gasteiger partial charge in [0.2, 0.25) is 0 Å². The third-order valence-electron chi connectivity index (χ3n) is 6.66. The van der Waals surface area contributed by atoms with Crippen LogP contribution in [0.3, 0.4) is 0 Å². The molecule has 0 radical (unpaired) electrons. The minimum atomic E-state index is -4.60. The van der Waals surface area contributed by atoms with E-state index in [0.29, 0.717) is 28.4 Å². The number of hydrogen-bond donors (Lipinski definition) is 3. The molecule has 1 aromatic carbocycles. The van der Waals surface area contributed by atoms with Gasteiger partial charge < -0.3 is 30.2 Å². The Kier molecular flexibility index (Phi) is 8.06. The van der Waals surface area contributed by atoms with Crippen LogP contribution in [-0.2, 0) is 17.3 Å². The largest absolute Gasteiger partial charge is 0.493 e. The number of pyridine rings is 2. The molecule has 1 aliphatic heterocycles. The number of methoxy groups -OCH3 is 1. The number of nitrogens with two attached hydrogens (primary N) is 1. The molecule has 3 aromatic rings. The average molecular weight is 562 g/mol. The average Bonchev–Trinajstić information content (AvgIpc) is 3.23. The molecule has 1 aliphatic rings. The van der Waals surface area contributed by atoms with Crippen LogP contribution in [0.15, 0.2) is 42.6 Å². The van der Waals surface area contributed by atoms with Gasteiger partial charge in [0.05, 0.1) is 24.9 Å². The number of benzene rings is 1. The van der Waals surface area contributed by atoms with Crippen molar-refractivity contribution in [2.75, 3.05) is 26.9 Å². The second-order valence-corrected chi connectivity index (χ2v) is 10.0. The summed E-state index contributed by atoms with van der Waals surface area (Å²) < 4.78 is 55.6. The Balaban J connectivity index is 1.62. The lowest BCUT2D eigenvalue weighted by atomic mass is 9.88. The molecule has 0 saturated carbocycles. The first-order valence-electron chi connectivity index (χ1n) is 12.5. The first kappa shape index (κ1) is 29.2. The van der Waals surface area contributed by atoms with Crippen LogP contribution in [0, 0.1) is 0 Å². The Labute approximate surface area is 228 Å². The molecule has 214 valence electrons. The quantitative estimate of drug-likeness (QED) is 0.314. The van der Waals surface area contributed by atoms with Gasteiger partial charge in [0, 0.05) is 29.3 Å². The van der Waals surface area contributed by atoms with Crippen LogP contribution < -0.4 is 19.9 Å². The highest BCUT2D eigenvalue weighted by atomic mass is 19.4. The number of halogens is 3. The number of aliphatic hydroxyl groups excluding tert-OH is 1. The van der Waals surface area contributed by atoms with E-state index in [9.17, 15) is 23.1 Å². The summed E-state index contributed by atoms with van der Waals surface area (Å²) in [7, 11) is 1.43. The second-order valence-electron chi connectivity index (χ2n) is 10.0. The van der Waals surface area contributed by atoms with E-state index in [0.717, 1.165) is 12.3 Å². The molecule has 0 bridgehead atoms. The lowest BCUT2D eigenvalue weighted by Crippen LogP contribution is -2.35. The summed E-state index contributed by atoms with van der Waals surface area (Å²) >= 11 is 0. The van der Waals surface area contributed by atoms with Gasteiger partial charge in [-0.25, -0.2) is 4.98 Å². The van der Waals surface area contributed by atoms with E-state index in [1.54, 1.807) is 25.1 Å². The SMILES string of the molecule is COc1cc(C(=O)CCC(C)(O)c2cc3c(c(-c4ccc(C(F)(F)F)nc4)n2)OCC3(C)N)ccc1OCCO. The molecular formula is C28H30F3N3O6. The van der Waals surface area contributed by atoms with Crippen molar-refractivity contribution in [3.05, 3.63) is 65.1 Å². The molecule has 2 atom stereocenters. The van der Waals surface area contributed by atoms with Crippen molar-refractivity contribution in [2.24, 2.45) is 5.73 Å². The topological polar surface area (TPSA) is 137 Å². The number of Topliss-reactive ketones (excluding diaryl/α,β-unsaturated/α-hetero) is 1. The van der Waals surface area contributed by atoms with Crippen molar-refractivity contribution >= 4 is 5.78 Å². The second kappa shape index (κ2) is 11.0. The standard InChI is InChI=1S/C28H30F3N3O6/c1-26(32)15-40-25-18(26)13-23(34-24(25)17-5-7-22(33-14-17)28(29,30)31)27(2,37)9-8-19(36)16-4-6-20(39-11-10-35)21(12-16)38-3/h4-7,12-14,35,37H,8-11,15,32H2,1-3H3. The van der Waals surface area contributed by atoms with Crippen LogP contribution in [0.5, 0.6) is 17.2 Å². The van der Waals surface area contributed by atoms with E-state index in [-0.39, 0.29) is 55.4 Å². The summed E-state index contributed by atoms with van der Waals surface area (Å²) in [5.74, 6) is 0.730.